The van der Waals surface area contributed by atoms with Crippen molar-refractivity contribution >= 4 is 22.5 Å². The lowest BCUT2D eigenvalue weighted by molar-refractivity contribution is -0.0711. The number of nitrogens with one attached hydrogen (secondary N) is 1. The molecule has 1 atom stereocenters. The van der Waals surface area contributed by atoms with Gasteiger partial charge in [0.1, 0.15) is 17.1 Å². The predicted octanol–water partition coefficient (Wildman–Crippen LogP) is 3.43. The van der Waals surface area contributed by atoms with Crippen molar-refractivity contribution in [3.05, 3.63) is 36.3 Å². The van der Waals surface area contributed by atoms with Gasteiger partial charge in [-0.05, 0) is 17.7 Å². The Morgan fingerprint density at radius 2 is 2.08 bits per heavy atom. The van der Waals surface area contributed by atoms with Gasteiger partial charge >= 0.3 is 0 Å². The van der Waals surface area contributed by atoms with Crippen LogP contribution in [0.5, 0.6) is 5.88 Å². The van der Waals surface area contributed by atoms with Crippen LogP contribution in [0.3, 0.4) is 0 Å². The molecule has 38 heavy (non-hydrogen) atoms. The minimum absolute atomic E-state index is 0.0681. The number of imidazole rings is 1. The number of fused-ring (bicyclic) bond motifs is 2. The molecular formula is C23H21F6N7O2. The Labute approximate surface area is 215 Å². The highest BCUT2D eigenvalue weighted by atomic mass is 19.3. The minimum atomic E-state index is -3.21. The third kappa shape index (κ3) is 4.09. The number of methoxy groups -OCH3 is 1. The van der Waals surface area contributed by atoms with Gasteiger partial charge in [-0.15, -0.1) is 5.10 Å². The molecule has 2 aliphatic heterocycles. The summed E-state index contributed by atoms with van der Waals surface area (Å²) < 4.78 is 121. The molecule has 1 unspecified atom stereocenters. The van der Waals surface area contributed by atoms with Gasteiger partial charge in [-0.1, -0.05) is 0 Å². The van der Waals surface area contributed by atoms with Crippen molar-refractivity contribution < 1.29 is 39.9 Å². The summed E-state index contributed by atoms with van der Waals surface area (Å²) in [4.78, 5) is 9.32. The van der Waals surface area contributed by atoms with Crippen LogP contribution >= 0.6 is 0 Å². The maximum Gasteiger partial charge on any atom is 0.281 e. The second-order valence-electron chi connectivity index (χ2n) is 9.18. The lowest BCUT2D eigenvalue weighted by atomic mass is 10.1. The fourth-order valence-corrected chi connectivity index (χ4v) is 4.82. The summed E-state index contributed by atoms with van der Waals surface area (Å²) in [5, 5.41) is 6.54. The monoisotopic (exact) mass is 544 g/mol. The van der Waals surface area contributed by atoms with Crippen molar-refractivity contribution in [1.82, 2.24) is 29.0 Å². The molecule has 0 spiro atoms. The van der Waals surface area contributed by atoms with Crippen LogP contribution in [-0.2, 0) is 11.3 Å². The van der Waals surface area contributed by atoms with E-state index >= 15 is 4.39 Å². The third-order valence-corrected chi connectivity index (χ3v) is 6.73. The fraction of sp³-hybridized carbons (Fsp3) is 0.435. The smallest absolute Gasteiger partial charge is 0.281 e. The zero-order chi connectivity index (χ0) is 29.3. The third-order valence-electron chi connectivity index (χ3n) is 6.73. The summed E-state index contributed by atoms with van der Waals surface area (Å²) >= 11 is 0. The zero-order valence-electron chi connectivity index (χ0n) is 22.3. The second kappa shape index (κ2) is 9.01. The summed E-state index contributed by atoms with van der Waals surface area (Å²) in [7, 11) is -3.10. The number of halogens is 6. The number of alkyl halides is 4. The zero-order valence-corrected chi connectivity index (χ0v) is 19.3. The number of anilines is 1. The molecule has 0 aliphatic carbocycles. The molecule has 202 valence electrons. The van der Waals surface area contributed by atoms with E-state index in [1.54, 1.807) is 4.90 Å². The molecule has 1 aromatic carbocycles. The molecular weight excluding hydrogens is 520 g/mol. The molecule has 2 saturated heterocycles. The predicted molar refractivity (Wildman–Crippen MR) is 123 cm³/mol. The number of nitrogens with zero attached hydrogens (tertiary/aromatic N) is 6. The standard InChI is InChI=1S/C23H21F6N7O2/c1-37-21-20-18(11-2-13(24)19-15(3-11)35(10-30-19)6-17(26)27)14(25)4-36(20)33-22(32-21)31-16-5-34(9-23(16,28)29)12-7-38-8-12/h2-4,10,12,16-17H,5-9H2,1H3,(H,31,33)/i1D3. The van der Waals surface area contributed by atoms with E-state index in [0.29, 0.717) is 13.2 Å². The molecule has 5 heterocycles. The van der Waals surface area contributed by atoms with Crippen molar-refractivity contribution in [3.8, 4) is 17.0 Å². The maximum atomic E-state index is 15.4. The van der Waals surface area contributed by atoms with Crippen molar-refractivity contribution in [2.75, 3.05) is 38.7 Å². The normalized spacial score (nSPS) is 21.6. The number of hydrogen-bond donors (Lipinski definition) is 1. The van der Waals surface area contributed by atoms with Gasteiger partial charge in [0, 0.05) is 6.54 Å². The largest absolute Gasteiger partial charge is 0.479 e. The van der Waals surface area contributed by atoms with Gasteiger partial charge in [0.25, 0.3) is 12.3 Å². The highest BCUT2D eigenvalue weighted by Crippen LogP contribution is 2.37. The van der Waals surface area contributed by atoms with E-state index < -0.39 is 67.5 Å². The quantitative estimate of drug-likeness (QED) is 0.357. The first kappa shape index (κ1) is 21.4. The van der Waals surface area contributed by atoms with Gasteiger partial charge in [-0.25, -0.2) is 35.8 Å². The number of benzene rings is 1. The van der Waals surface area contributed by atoms with Gasteiger partial charge < -0.3 is 19.4 Å². The molecule has 0 bridgehead atoms. The van der Waals surface area contributed by atoms with Crippen LogP contribution in [0.4, 0.5) is 32.3 Å². The lowest BCUT2D eigenvalue weighted by Gasteiger charge is -2.34. The van der Waals surface area contributed by atoms with Crippen LogP contribution in [-0.4, -0.2) is 86.8 Å². The highest BCUT2D eigenvalue weighted by molar-refractivity contribution is 5.90. The van der Waals surface area contributed by atoms with E-state index in [0.717, 1.165) is 27.7 Å². The van der Waals surface area contributed by atoms with Crippen LogP contribution < -0.4 is 10.1 Å². The molecule has 4 aromatic rings. The molecule has 1 N–H and O–H groups in total. The molecule has 2 fully saturated rings. The Morgan fingerprint density at radius 1 is 1.26 bits per heavy atom. The van der Waals surface area contributed by atoms with Crippen molar-refractivity contribution in [3.63, 3.8) is 0 Å². The SMILES string of the molecule is [2H]C([2H])([2H])Oc1nc(NC2CN(C3COC3)CC2(F)F)nn2cc(F)c(-c3cc(F)c4ncn(CC(F)F)c4c3)c12. The number of likely N-dealkylation sites (tertiary alicyclic amines) is 1. The summed E-state index contributed by atoms with van der Waals surface area (Å²) in [5.74, 6) is -6.35. The Kier molecular flexibility index (Phi) is 5.06. The minimum Gasteiger partial charge on any atom is -0.479 e. The first-order valence-corrected chi connectivity index (χ1v) is 11.5. The summed E-state index contributed by atoms with van der Waals surface area (Å²) in [6.45, 7) is -0.793. The molecule has 6 rings (SSSR count). The highest BCUT2D eigenvalue weighted by Gasteiger charge is 2.51. The first-order chi connectivity index (χ1) is 19.3. The Morgan fingerprint density at radius 3 is 2.79 bits per heavy atom. The van der Waals surface area contributed by atoms with Gasteiger partial charge in [-0.2, -0.15) is 4.98 Å². The topological polar surface area (TPSA) is 81.7 Å². The van der Waals surface area contributed by atoms with Crippen LogP contribution in [0.2, 0.25) is 0 Å². The van der Waals surface area contributed by atoms with E-state index in [-0.39, 0.29) is 34.7 Å². The lowest BCUT2D eigenvalue weighted by Crippen LogP contribution is -2.48. The number of aromatic nitrogens is 5. The summed E-state index contributed by atoms with van der Waals surface area (Å²) in [5.41, 5.74) is -1.23. The molecule has 9 nitrogen and oxygen atoms in total. The van der Waals surface area contributed by atoms with Crippen molar-refractivity contribution in [2.24, 2.45) is 0 Å². The molecule has 0 radical (unpaired) electrons. The molecule has 15 heteroatoms. The number of rotatable bonds is 7. The first-order valence-electron chi connectivity index (χ1n) is 13.0. The van der Waals surface area contributed by atoms with Gasteiger partial charge in [0.2, 0.25) is 11.8 Å². The molecule has 2 aliphatic rings. The van der Waals surface area contributed by atoms with Gasteiger partial charge in [-0.3, -0.25) is 4.90 Å². The van der Waals surface area contributed by atoms with E-state index in [9.17, 15) is 22.0 Å². The van der Waals surface area contributed by atoms with Gasteiger partial charge in [0.05, 0.1) is 67.1 Å². The van der Waals surface area contributed by atoms with Crippen molar-refractivity contribution in [2.45, 2.75) is 31.0 Å². The van der Waals surface area contributed by atoms with E-state index in [1.807, 2.05) is 0 Å². The molecule has 0 amide bonds. The average molecular weight is 544 g/mol. The summed E-state index contributed by atoms with van der Waals surface area (Å²) in [6, 6.07) is 0.466. The summed E-state index contributed by atoms with van der Waals surface area (Å²) in [6.07, 6.45) is -0.959. The van der Waals surface area contributed by atoms with E-state index in [1.165, 1.54) is 6.07 Å². The molecule has 0 saturated carbocycles. The van der Waals surface area contributed by atoms with E-state index in [4.69, 9.17) is 13.6 Å². The van der Waals surface area contributed by atoms with Gasteiger partial charge in [0.15, 0.2) is 11.6 Å². The average Bonchev–Trinajstić information content (AvgIpc) is 3.44. The second-order valence-corrected chi connectivity index (χ2v) is 9.18. The maximum absolute atomic E-state index is 15.4. The Hall–Kier alpha value is -3.59. The van der Waals surface area contributed by atoms with Crippen LogP contribution in [0.15, 0.2) is 24.7 Å². The van der Waals surface area contributed by atoms with Crippen LogP contribution in [0, 0.1) is 11.6 Å². The van der Waals surface area contributed by atoms with Crippen LogP contribution in [0.1, 0.15) is 4.11 Å². The van der Waals surface area contributed by atoms with E-state index in [2.05, 4.69) is 20.4 Å². The van der Waals surface area contributed by atoms with Crippen molar-refractivity contribution in [1.29, 1.82) is 0 Å². The number of hydrogen-bond acceptors (Lipinski definition) is 7. The Bertz CT molecular complexity index is 1630. The molecule has 3 aromatic heterocycles. The Balaban J connectivity index is 1.44. The fourth-order valence-electron chi connectivity index (χ4n) is 4.82. The van der Waals surface area contributed by atoms with Crippen LogP contribution in [0.25, 0.3) is 27.7 Å². The number of ether oxygens (including phenoxy) is 2.